The lowest BCUT2D eigenvalue weighted by Gasteiger charge is -2.21. The maximum atomic E-state index is 6.44. The molecule has 1 aliphatic rings. The van der Waals surface area contributed by atoms with Crippen LogP contribution in [0.3, 0.4) is 0 Å². The molecule has 4 nitrogen and oxygen atoms in total. The van der Waals surface area contributed by atoms with Crippen molar-refractivity contribution in [2.45, 2.75) is 19.3 Å². The number of rotatable bonds is 4. The highest BCUT2D eigenvalue weighted by Gasteiger charge is 2.35. The molecule has 1 aliphatic carbocycles. The molecule has 9 rings (SSSR count). The third-order valence-corrected chi connectivity index (χ3v) is 9.35. The number of fused-ring (bicyclic) bond motifs is 6. The monoisotopic (exact) mass is 591 g/mol. The Labute approximate surface area is 267 Å². The maximum absolute atomic E-state index is 6.44. The van der Waals surface area contributed by atoms with Crippen LogP contribution in [0.2, 0.25) is 0 Å². The van der Waals surface area contributed by atoms with Gasteiger partial charge in [0.2, 0.25) is 0 Å². The van der Waals surface area contributed by atoms with Crippen molar-refractivity contribution in [1.82, 2.24) is 15.0 Å². The van der Waals surface area contributed by atoms with E-state index >= 15 is 0 Å². The average Bonchev–Trinajstić information content (AvgIpc) is 3.60. The summed E-state index contributed by atoms with van der Waals surface area (Å²) in [5, 5.41) is 2.18. The molecule has 0 amide bonds. The zero-order valence-corrected chi connectivity index (χ0v) is 25.5. The van der Waals surface area contributed by atoms with Gasteiger partial charge < -0.3 is 4.42 Å². The van der Waals surface area contributed by atoms with E-state index in [-0.39, 0.29) is 5.41 Å². The number of benzene rings is 6. The van der Waals surface area contributed by atoms with Crippen molar-refractivity contribution < 1.29 is 4.42 Å². The summed E-state index contributed by atoms with van der Waals surface area (Å²) in [6.45, 7) is 4.59. The fourth-order valence-corrected chi connectivity index (χ4v) is 7.02. The Morgan fingerprint density at radius 1 is 0.435 bits per heavy atom. The van der Waals surface area contributed by atoms with Gasteiger partial charge in [0.1, 0.15) is 11.2 Å². The first-order valence-corrected chi connectivity index (χ1v) is 15.6. The number of furan rings is 1. The predicted molar refractivity (Wildman–Crippen MR) is 186 cm³/mol. The van der Waals surface area contributed by atoms with E-state index in [1.807, 2.05) is 42.5 Å². The Hall–Kier alpha value is -5.87. The van der Waals surface area contributed by atoms with Gasteiger partial charge in [0.25, 0.3) is 0 Å². The topological polar surface area (TPSA) is 51.8 Å². The molecule has 6 aromatic carbocycles. The lowest BCUT2D eigenvalue weighted by molar-refractivity contribution is 0.660. The van der Waals surface area contributed by atoms with E-state index in [1.165, 1.54) is 22.3 Å². The van der Waals surface area contributed by atoms with E-state index in [9.17, 15) is 0 Å². The summed E-state index contributed by atoms with van der Waals surface area (Å²) in [4.78, 5) is 15.1. The second-order valence-corrected chi connectivity index (χ2v) is 12.5. The van der Waals surface area contributed by atoms with Crippen LogP contribution in [-0.2, 0) is 5.41 Å². The van der Waals surface area contributed by atoms with Gasteiger partial charge in [0, 0.05) is 32.9 Å². The molecule has 2 aromatic heterocycles. The second kappa shape index (κ2) is 10.1. The molecule has 8 aromatic rings. The lowest BCUT2D eigenvalue weighted by Crippen LogP contribution is -2.15. The average molecular weight is 592 g/mol. The van der Waals surface area contributed by atoms with E-state index in [1.54, 1.807) is 0 Å². The largest absolute Gasteiger partial charge is 0.456 e. The summed E-state index contributed by atoms with van der Waals surface area (Å²) in [6, 6.07) is 48.4. The Morgan fingerprint density at radius 2 is 1.02 bits per heavy atom. The highest BCUT2D eigenvalue weighted by molar-refractivity contribution is 6.13. The van der Waals surface area contributed by atoms with Crippen LogP contribution in [-0.4, -0.2) is 15.0 Å². The first kappa shape index (κ1) is 26.5. The Morgan fingerprint density at radius 3 is 1.78 bits per heavy atom. The Bertz CT molecular complexity index is 2440. The summed E-state index contributed by atoms with van der Waals surface area (Å²) in [5.41, 5.74) is 11.8. The highest BCUT2D eigenvalue weighted by Crippen LogP contribution is 2.49. The van der Waals surface area contributed by atoms with E-state index in [2.05, 4.69) is 111 Å². The molecule has 0 bridgehead atoms. The first-order valence-electron chi connectivity index (χ1n) is 15.6. The van der Waals surface area contributed by atoms with Crippen molar-refractivity contribution in [2.75, 3.05) is 0 Å². The predicted octanol–water partition coefficient (Wildman–Crippen LogP) is 10.7. The normalized spacial score (nSPS) is 13.2. The molecular formula is C42H29N3O. The van der Waals surface area contributed by atoms with Crippen LogP contribution in [0, 0.1) is 0 Å². The Balaban J connectivity index is 1.21. The summed E-state index contributed by atoms with van der Waals surface area (Å²) >= 11 is 0. The Kier molecular flexibility index (Phi) is 5.81. The summed E-state index contributed by atoms with van der Waals surface area (Å²) in [5.74, 6) is 1.90. The molecule has 0 atom stereocenters. The highest BCUT2D eigenvalue weighted by atomic mass is 16.3. The molecule has 4 heteroatoms. The number of nitrogens with zero attached hydrogens (tertiary/aromatic N) is 3. The van der Waals surface area contributed by atoms with E-state index in [0.717, 1.165) is 49.8 Å². The van der Waals surface area contributed by atoms with Gasteiger partial charge in [-0.3, -0.25) is 0 Å². The quantitative estimate of drug-likeness (QED) is 0.204. The summed E-state index contributed by atoms with van der Waals surface area (Å²) in [7, 11) is 0. The third-order valence-electron chi connectivity index (χ3n) is 9.35. The summed E-state index contributed by atoms with van der Waals surface area (Å²) < 4.78 is 6.44. The molecule has 46 heavy (non-hydrogen) atoms. The molecule has 0 unspecified atom stereocenters. The lowest BCUT2D eigenvalue weighted by atomic mass is 9.82. The van der Waals surface area contributed by atoms with Crippen molar-refractivity contribution in [1.29, 1.82) is 0 Å². The van der Waals surface area contributed by atoms with Gasteiger partial charge in [0.05, 0.1) is 0 Å². The van der Waals surface area contributed by atoms with Crippen LogP contribution < -0.4 is 0 Å². The maximum Gasteiger partial charge on any atom is 0.164 e. The van der Waals surface area contributed by atoms with Crippen molar-refractivity contribution >= 4 is 21.9 Å². The van der Waals surface area contributed by atoms with Gasteiger partial charge in [-0.15, -0.1) is 0 Å². The van der Waals surface area contributed by atoms with Gasteiger partial charge >= 0.3 is 0 Å². The number of hydrogen-bond acceptors (Lipinski definition) is 4. The molecular weight excluding hydrogens is 562 g/mol. The van der Waals surface area contributed by atoms with Gasteiger partial charge in [-0.05, 0) is 57.6 Å². The third kappa shape index (κ3) is 4.11. The number of hydrogen-bond donors (Lipinski definition) is 0. The zero-order chi connectivity index (χ0) is 30.8. The molecule has 218 valence electrons. The van der Waals surface area contributed by atoms with E-state index in [4.69, 9.17) is 19.4 Å². The van der Waals surface area contributed by atoms with E-state index < -0.39 is 0 Å². The summed E-state index contributed by atoms with van der Waals surface area (Å²) in [6.07, 6.45) is 0. The van der Waals surface area contributed by atoms with Crippen molar-refractivity contribution in [3.8, 4) is 56.4 Å². The SMILES string of the molecule is CC1(C)c2ccccc2-c2ccc(-c3nc(-c4ccccc4)nc(-c4ccc5c(c4)oc4cccc(-c6ccccc6)c45)n3)cc21. The van der Waals surface area contributed by atoms with Crippen molar-refractivity contribution in [3.05, 3.63) is 151 Å². The van der Waals surface area contributed by atoms with Gasteiger partial charge in [-0.1, -0.05) is 129 Å². The zero-order valence-electron chi connectivity index (χ0n) is 25.5. The molecule has 0 fully saturated rings. The smallest absolute Gasteiger partial charge is 0.164 e. The molecule has 2 heterocycles. The molecule has 0 spiro atoms. The van der Waals surface area contributed by atoms with Crippen LogP contribution in [0.15, 0.2) is 144 Å². The first-order chi connectivity index (χ1) is 22.5. The minimum Gasteiger partial charge on any atom is -0.456 e. The molecule has 0 saturated carbocycles. The van der Waals surface area contributed by atoms with Gasteiger partial charge in [-0.25, -0.2) is 15.0 Å². The van der Waals surface area contributed by atoms with Crippen LogP contribution in [0.25, 0.3) is 78.4 Å². The number of aromatic nitrogens is 3. The van der Waals surface area contributed by atoms with Crippen molar-refractivity contribution in [3.63, 3.8) is 0 Å². The van der Waals surface area contributed by atoms with Crippen LogP contribution in [0.5, 0.6) is 0 Å². The minimum atomic E-state index is -0.120. The van der Waals surface area contributed by atoms with E-state index in [0.29, 0.717) is 17.5 Å². The van der Waals surface area contributed by atoms with Crippen LogP contribution >= 0.6 is 0 Å². The fourth-order valence-electron chi connectivity index (χ4n) is 7.02. The molecule has 0 N–H and O–H groups in total. The minimum absolute atomic E-state index is 0.120. The van der Waals surface area contributed by atoms with Crippen LogP contribution in [0.4, 0.5) is 0 Å². The second-order valence-electron chi connectivity index (χ2n) is 12.5. The van der Waals surface area contributed by atoms with Gasteiger partial charge in [-0.2, -0.15) is 0 Å². The van der Waals surface area contributed by atoms with Gasteiger partial charge in [0.15, 0.2) is 17.5 Å². The fraction of sp³-hybridized carbons (Fsp3) is 0.0714. The van der Waals surface area contributed by atoms with Crippen LogP contribution in [0.1, 0.15) is 25.0 Å². The molecule has 0 radical (unpaired) electrons. The molecule has 0 aliphatic heterocycles. The molecule has 0 saturated heterocycles. The van der Waals surface area contributed by atoms with Crippen molar-refractivity contribution in [2.24, 2.45) is 0 Å². The standard InChI is InChI=1S/C42H29N3O/c1-42(2)34-18-10-9-16-31(34)32-22-20-28(24-35(32)42)40-43-39(27-14-7-4-8-15-27)44-41(45-40)29-21-23-33-37(25-29)46-36-19-11-17-30(38(33)36)26-12-5-3-6-13-26/h3-25H,1-2H3.